The van der Waals surface area contributed by atoms with E-state index in [2.05, 4.69) is 21.7 Å². The summed E-state index contributed by atoms with van der Waals surface area (Å²) in [6.07, 6.45) is 5.77. The lowest BCUT2D eigenvalue weighted by atomic mass is 9.99. The Bertz CT molecular complexity index is 1290. The molecule has 0 radical (unpaired) electrons. The van der Waals surface area contributed by atoms with Crippen molar-refractivity contribution in [3.63, 3.8) is 0 Å². The highest BCUT2D eigenvalue weighted by Crippen LogP contribution is 2.25. The normalized spacial score (nSPS) is 11.4. The second kappa shape index (κ2) is 10.00. The summed E-state index contributed by atoms with van der Waals surface area (Å²) in [4.78, 5) is 4.09. The summed E-state index contributed by atoms with van der Waals surface area (Å²) in [5, 5.41) is 11.1. The van der Waals surface area contributed by atoms with E-state index in [1.54, 1.807) is 6.20 Å². The van der Waals surface area contributed by atoms with Gasteiger partial charge in [-0.3, -0.25) is 9.17 Å². The maximum Gasteiger partial charge on any atom is 0.264 e. The van der Waals surface area contributed by atoms with Gasteiger partial charge >= 0.3 is 0 Å². The van der Waals surface area contributed by atoms with E-state index in [0.717, 1.165) is 40.0 Å². The minimum absolute atomic E-state index is 0.134. The molecule has 0 aliphatic heterocycles. The molecule has 3 aromatic rings. The Morgan fingerprint density at radius 2 is 1.60 bits per heavy atom. The fourth-order valence-corrected chi connectivity index (χ4v) is 2.99. The average molecular weight is 467 g/mol. The Kier molecular flexibility index (Phi) is 7.92. The van der Waals surface area contributed by atoms with Gasteiger partial charge in [-0.1, -0.05) is 30.3 Å². The fourth-order valence-electron chi connectivity index (χ4n) is 2.60. The number of hydrogen-bond donors (Lipinski definition) is 0. The third-order valence-electron chi connectivity index (χ3n) is 3.79. The number of nitriles is 1. The maximum absolute atomic E-state index is 11.0. The van der Waals surface area contributed by atoms with E-state index < -0.39 is 19.2 Å². The van der Waals surface area contributed by atoms with Gasteiger partial charge in [-0.15, -0.1) is 0 Å². The van der Waals surface area contributed by atoms with E-state index in [4.69, 9.17) is 9.44 Å². The van der Waals surface area contributed by atoms with E-state index >= 15 is 0 Å². The number of hydrogen-bond acceptors (Lipinski definition) is 7. The van der Waals surface area contributed by atoms with Crippen molar-refractivity contribution in [2.75, 3.05) is 19.1 Å². The number of nitrogens with zero attached hydrogens (tertiary/aromatic N) is 2. The van der Waals surface area contributed by atoms with E-state index in [0.29, 0.717) is 12.0 Å². The van der Waals surface area contributed by atoms with Crippen molar-refractivity contribution in [2.45, 2.75) is 6.42 Å². The fraction of sp³-hybridized carbons (Fsp3) is 0.200. The lowest BCUT2D eigenvalue weighted by Crippen LogP contribution is -2.06. The molecule has 0 spiro atoms. The van der Waals surface area contributed by atoms with Crippen LogP contribution in [0.15, 0.2) is 54.9 Å². The summed E-state index contributed by atoms with van der Waals surface area (Å²) in [5.74, 6) is 0. The second-order valence-corrected chi connectivity index (χ2v) is 11.1. The molecule has 30 heavy (non-hydrogen) atoms. The number of fused-ring (bicyclic) bond motifs is 1. The minimum Gasteiger partial charge on any atom is -0.270 e. The van der Waals surface area contributed by atoms with E-state index in [-0.39, 0.29) is 6.61 Å². The molecule has 0 unspecified atom stereocenters. The van der Waals surface area contributed by atoms with E-state index in [9.17, 15) is 16.8 Å². The van der Waals surface area contributed by atoms with Gasteiger partial charge in [0.15, 0.2) is 0 Å². The molecule has 0 aliphatic rings. The summed E-state index contributed by atoms with van der Waals surface area (Å²) in [5.41, 5.74) is 3.42. The van der Waals surface area contributed by atoms with Crippen LogP contribution in [-0.2, 0) is 29.8 Å². The highest BCUT2D eigenvalue weighted by atomic mass is 35.7. The summed E-state index contributed by atoms with van der Waals surface area (Å²) < 4.78 is 45.6. The standard InChI is InChI=1S/C19H16N2O3S.CH3ClO2S/c1-25(22,23)24-7-6-14-2-3-17-10-18(5-4-16(17)8-14)19-9-15(11-20)12-21-13-19;1-5(2,3)4/h2-5,8-10,12-13H,6-7H2,1H3;1H3. The molecular weight excluding hydrogens is 448 g/mol. The smallest absolute Gasteiger partial charge is 0.264 e. The van der Waals surface area contributed by atoms with Crippen LogP contribution in [0.25, 0.3) is 21.9 Å². The van der Waals surface area contributed by atoms with Gasteiger partial charge in [0.25, 0.3) is 10.1 Å². The first-order valence-corrected chi connectivity index (χ1v) is 13.1. The van der Waals surface area contributed by atoms with Crippen LogP contribution < -0.4 is 0 Å². The molecule has 0 aliphatic carbocycles. The van der Waals surface area contributed by atoms with Gasteiger partial charge in [0.05, 0.1) is 24.7 Å². The first-order chi connectivity index (χ1) is 13.9. The van der Waals surface area contributed by atoms with Crippen LogP contribution in [0.4, 0.5) is 0 Å². The summed E-state index contributed by atoms with van der Waals surface area (Å²) in [6, 6.07) is 15.9. The predicted molar refractivity (Wildman–Crippen MR) is 117 cm³/mol. The van der Waals surface area contributed by atoms with Crippen molar-refractivity contribution in [3.8, 4) is 17.2 Å². The number of benzene rings is 2. The molecule has 158 valence electrons. The SMILES string of the molecule is CS(=O)(=O)Cl.CS(=O)(=O)OCCc1ccc2cc(-c3cncc(C#N)c3)ccc2c1. The van der Waals surface area contributed by atoms with Crippen LogP contribution in [0.5, 0.6) is 0 Å². The van der Waals surface area contributed by atoms with Gasteiger partial charge in [0, 0.05) is 28.6 Å². The molecule has 0 atom stereocenters. The van der Waals surface area contributed by atoms with Crippen molar-refractivity contribution in [1.82, 2.24) is 4.98 Å². The Balaban J connectivity index is 0.000000575. The molecule has 1 aromatic heterocycles. The largest absolute Gasteiger partial charge is 0.270 e. The number of rotatable bonds is 5. The van der Waals surface area contributed by atoms with E-state index in [1.165, 1.54) is 6.20 Å². The first kappa shape index (κ1) is 23.8. The quantitative estimate of drug-likeness (QED) is 0.417. The van der Waals surface area contributed by atoms with Crippen molar-refractivity contribution >= 4 is 40.6 Å². The molecular formula is C20H19ClN2O5S2. The molecule has 0 N–H and O–H groups in total. The van der Waals surface area contributed by atoms with Crippen molar-refractivity contribution in [2.24, 2.45) is 0 Å². The molecule has 1 heterocycles. The van der Waals surface area contributed by atoms with Crippen LogP contribution >= 0.6 is 10.7 Å². The maximum atomic E-state index is 11.0. The Morgan fingerprint density at radius 3 is 2.23 bits per heavy atom. The Hall–Kier alpha value is -2.51. The summed E-state index contributed by atoms with van der Waals surface area (Å²) in [7, 11) is -2.10. The highest BCUT2D eigenvalue weighted by Gasteiger charge is 2.05. The molecule has 2 aromatic carbocycles. The second-order valence-electron chi connectivity index (χ2n) is 6.43. The van der Waals surface area contributed by atoms with Crippen molar-refractivity contribution < 1.29 is 21.0 Å². The third-order valence-corrected chi connectivity index (χ3v) is 4.39. The van der Waals surface area contributed by atoms with Crippen LogP contribution in [0, 0.1) is 11.3 Å². The number of halogens is 1. The van der Waals surface area contributed by atoms with Gasteiger partial charge in [-0.05, 0) is 40.5 Å². The van der Waals surface area contributed by atoms with Crippen LogP contribution in [0.2, 0.25) is 0 Å². The Morgan fingerprint density at radius 1 is 0.967 bits per heavy atom. The van der Waals surface area contributed by atoms with E-state index in [1.807, 2.05) is 42.5 Å². The van der Waals surface area contributed by atoms with Gasteiger partial charge < -0.3 is 0 Å². The average Bonchev–Trinajstić information content (AvgIpc) is 2.65. The molecule has 0 saturated heterocycles. The summed E-state index contributed by atoms with van der Waals surface area (Å²) in [6.45, 7) is 0.134. The topological polar surface area (TPSA) is 114 Å². The van der Waals surface area contributed by atoms with Crippen molar-refractivity contribution in [1.29, 1.82) is 5.26 Å². The monoisotopic (exact) mass is 466 g/mol. The van der Waals surface area contributed by atoms with Crippen LogP contribution in [-0.4, -0.2) is 40.9 Å². The molecule has 0 amide bonds. The van der Waals surface area contributed by atoms with Crippen molar-refractivity contribution in [3.05, 3.63) is 66.0 Å². The van der Waals surface area contributed by atoms with Gasteiger partial charge in [-0.2, -0.15) is 13.7 Å². The number of pyridine rings is 1. The summed E-state index contributed by atoms with van der Waals surface area (Å²) >= 11 is 0. The molecule has 7 nitrogen and oxygen atoms in total. The molecule has 0 bridgehead atoms. The van der Waals surface area contributed by atoms with Gasteiger partial charge in [0.2, 0.25) is 9.05 Å². The lowest BCUT2D eigenvalue weighted by molar-refractivity contribution is 0.326. The molecule has 0 fully saturated rings. The molecule has 3 rings (SSSR count). The predicted octanol–water partition coefficient (Wildman–Crippen LogP) is 3.48. The first-order valence-electron chi connectivity index (χ1n) is 8.57. The zero-order valence-electron chi connectivity index (χ0n) is 16.2. The van der Waals surface area contributed by atoms with Gasteiger partial charge in [0.1, 0.15) is 6.07 Å². The lowest BCUT2D eigenvalue weighted by Gasteiger charge is -2.07. The molecule has 0 saturated carbocycles. The van der Waals surface area contributed by atoms with Gasteiger partial charge in [-0.25, -0.2) is 8.42 Å². The third kappa shape index (κ3) is 8.47. The van der Waals surface area contributed by atoms with Crippen LogP contribution in [0.3, 0.4) is 0 Å². The molecule has 10 heteroatoms. The zero-order chi connectivity index (χ0) is 22.4. The Labute approximate surface area is 180 Å². The zero-order valence-corrected chi connectivity index (χ0v) is 18.6. The van der Waals surface area contributed by atoms with Crippen LogP contribution in [0.1, 0.15) is 11.1 Å². The minimum atomic E-state index is -3.41. The highest BCUT2D eigenvalue weighted by molar-refractivity contribution is 8.13. The number of aromatic nitrogens is 1.